The monoisotopic (exact) mass is 489 g/mol. The predicted octanol–water partition coefficient (Wildman–Crippen LogP) is 3.19. The van der Waals surface area contributed by atoms with Crippen molar-refractivity contribution >= 4 is 23.5 Å². The highest BCUT2D eigenvalue weighted by atomic mass is 19.3. The van der Waals surface area contributed by atoms with Gasteiger partial charge in [-0.15, -0.1) is 10.2 Å². The van der Waals surface area contributed by atoms with Gasteiger partial charge in [0.15, 0.2) is 0 Å². The number of nitrogens with zero attached hydrogens (tertiary/aromatic N) is 7. The Kier molecular flexibility index (Phi) is 7.20. The van der Waals surface area contributed by atoms with E-state index in [4.69, 9.17) is 4.42 Å². The molecule has 0 saturated carbocycles. The van der Waals surface area contributed by atoms with Gasteiger partial charge in [0.05, 0.1) is 34.9 Å². The highest BCUT2D eigenvalue weighted by Gasteiger charge is 2.23. The van der Waals surface area contributed by atoms with Gasteiger partial charge in [-0.2, -0.15) is 8.78 Å². The van der Waals surface area contributed by atoms with E-state index in [2.05, 4.69) is 20.1 Å². The van der Waals surface area contributed by atoms with Gasteiger partial charge in [0.2, 0.25) is 12.3 Å². The lowest BCUT2D eigenvalue weighted by atomic mass is 10.1. The minimum atomic E-state index is -2.86. The average molecular weight is 490 g/mol. The normalized spacial score (nSPS) is 14.4. The summed E-state index contributed by atoms with van der Waals surface area (Å²) in [7, 11) is 5.70. The number of aromatic nitrogens is 3. The standard InChI is InChI=1S/C23H26F3N7O2/c1-30(2)19-11-18(32-8-6-31(3)7-9-32)17(24)10-20(19)33(14-34)13-16-5-4-15(12-27-16)22-28-29-23(35-22)21(25)26/h4-5,10-12,14,21H,6-9,13H2,1-3H3. The zero-order valence-corrected chi connectivity index (χ0v) is 19.7. The molecule has 0 bridgehead atoms. The molecule has 12 heteroatoms. The summed E-state index contributed by atoms with van der Waals surface area (Å²) in [5.41, 5.74) is 2.46. The SMILES string of the molecule is CN1CCN(c2cc(N(C)C)c(N(C=O)Cc3ccc(-c4nnc(C(F)F)o4)cn3)cc2F)CC1. The van der Waals surface area contributed by atoms with Crippen LogP contribution in [0.1, 0.15) is 18.0 Å². The number of amides is 1. The predicted molar refractivity (Wildman–Crippen MR) is 125 cm³/mol. The Labute approximate surface area is 200 Å². The number of anilines is 3. The van der Waals surface area contributed by atoms with Crippen LogP contribution in [0.2, 0.25) is 0 Å². The van der Waals surface area contributed by atoms with Crippen LogP contribution in [0.5, 0.6) is 0 Å². The largest absolute Gasteiger partial charge is 0.415 e. The van der Waals surface area contributed by atoms with Crippen LogP contribution in [0, 0.1) is 5.82 Å². The van der Waals surface area contributed by atoms with Gasteiger partial charge in [-0.25, -0.2) is 4.39 Å². The first-order chi connectivity index (χ1) is 16.8. The zero-order valence-electron chi connectivity index (χ0n) is 19.7. The fourth-order valence-corrected chi connectivity index (χ4v) is 3.86. The summed E-state index contributed by atoms with van der Waals surface area (Å²) >= 11 is 0. The van der Waals surface area contributed by atoms with Crippen LogP contribution in [-0.2, 0) is 11.3 Å². The quantitative estimate of drug-likeness (QED) is 0.447. The minimum Gasteiger partial charge on any atom is -0.415 e. The van der Waals surface area contributed by atoms with Crippen molar-refractivity contribution < 1.29 is 22.4 Å². The molecule has 2 aromatic heterocycles. The van der Waals surface area contributed by atoms with Gasteiger partial charge >= 0.3 is 6.43 Å². The molecule has 0 radical (unpaired) electrons. The van der Waals surface area contributed by atoms with E-state index in [-0.39, 0.29) is 12.4 Å². The molecule has 1 aliphatic rings. The Morgan fingerprint density at radius 2 is 1.86 bits per heavy atom. The van der Waals surface area contributed by atoms with Gasteiger partial charge in [-0.1, -0.05) is 0 Å². The van der Waals surface area contributed by atoms with E-state index in [1.807, 2.05) is 30.9 Å². The second-order valence-corrected chi connectivity index (χ2v) is 8.49. The lowest BCUT2D eigenvalue weighted by Crippen LogP contribution is -2.44. The maximum atomic E-state index is 15.2. The van der Waals surface area contributed by atoms with E-state index in [1.54, 1.807) is 18.2 Å². The average Bonchev–Trinajstić information content (AvgIpc) is 3.34. The number of halogens is 3. The summed E-state index contributed by atoms with van der Waals surface area (Å²) in [5, 5.41) is 6.90. The first-order valence-corrected chi connectivity index (χ1v) is 11.0. The number of hydrogen-bond donors (Lipinski definition) is 0. The number of carbonyl (C=O) groups excluding carboxylic acids is 1. The topological polar surface area (TPSA) is 81.8 Å². The van der Waals surface area contributed by atoms with Gasteiger partial charge < -0.3 is 24.0 Å². The number of rotatable bonds is 8. The Morgan fingerprint density at radius 3 is 2.43 bits per heavy atom. The molecular formula is C23H26F3N7O2. The van der Waals surface area contributed by atoms with Crippen LogP contribution in [0.25, 0.3) is 11.5 Å². The van der Waals surface area contributed by atoms with Gasteiger partial charge in [0, 0.05) is 52.5 Å². The molecule has 3 heterocycles. The lowest BCUT2D eigenvalue weighted by Gasteiger charge is -2.35. The Balaban J connectivity index is 1.57. The highest BCUT2D eigenvalue weighted by molar-refractivity contribution is 5.86. The molecule has 1 fully saturated rings. The van der Waals surface area contributed by atoms with Gasteiger partial charge in [-0.05, 0) is 25.2 Å². The molecule has 1 aromatic carbocycles. The van der Waals surface area contributed by atoms with Gasteiger partial charge in [0.25, 0.3) is 5.89 Å². The van der Waals surface area contributed by atoms with Crippen LogP contribution in [0.3, 0.4) is 0 Å². The van der Waals surface area contributed by atoms with Crippen LogP contribution >= 0.6 is 0 Å². The van der Waals surface area contributed by atoms with Crippen molar-refractivity contribution in [2.45, 2.75) is 13.0 Å². The third-order valence-electron chi connectivity index (χ3n) is 5.84. The zero-order chi connectivity index (χ0) is 25.1. The number of piperazine rings is 1. The summed E-state index contributed by atoms with van der Waals surface area (Å²) in [5.74, 6) is -1.26. The number of hydrogen-bond acceptors (Lipinski definition) is 8. The molecule has 35 heavy (non-hydrogen) atoms. The molecule has 3 aromatic rings. The molecule has 1 saturated heterocycles. The van der Waals surface area contributed by atoms with Crippen molar-refractivity contribution in [2.24, 2.45) is 0 Å². The molecule has 0 spiro atoms. The molecule has 186 valence electrons. The molecule has 0 unspecified atom stereocenters. The van der Waals surface area contributed by atoms with Crippen molar-refractivity contribution in [1.82, 2.24) is 20.1 Å². The van der Waals surface area contributed by atoms with Crippen molar-refractivity contribution in [1.29, 1.82) is 0 Å². The third kappa shape index (κ3) is 5.37. The van der Waals surface area contributed by atoms with E-state index in [0.29, 0.717) is 47.8 Å². The molecular weight excluding hydrogens is 463 g/mol. The van der Waals surface area contributed by atoms with E-state index >= 15 is 4.39 Å². The van der Waals surface area contributed by atoms with Gasteiger partial charge in [-0.3, -0.25) is 9.78 Å². The Hall–Kier alpha value is -3.67. The fourth-order valence-electron chi connectivity index (χ4n) is 3.86. The molecule has 0 aliphatic carbocycles. The highest BCUT2D eigenvalue weighted by Crippen LogP contribution is 2.36. The van der Waals surface area contributed by atoms with Crippen molar-refractivity contribution in [3.8, 4) is 11.5 Å². The van der Waals surface area contributed by atoms with Crippen molar-refractivity contribution in [3.63, 3.8) is 0 Å². The molecule has 0 N–H and O–H groups in total. The van der Waals surface area contributed by atoms with E-state index in [1.165, 1.54) is 17.2 Å². The number of benzene rings is 1. The maximum Gasteiger partial charge on any atom is 0.314 e. The number of pyridine rings is 1. The van der Waals surface area contributed by atoms with Gasteiger partial charge in [0.1, 0.15) is 5.82 Å². The van der Waals surface area contributed by atoms with Crippen molar-refractivity contribution in [2.75, 3.05) is 62.0 Å². The van der Waals surface area contributed by atoms with Crippen LogP contribution < -0.4 is 14.7 Å². The molecule has 0 atom stereocenters. The van der Waals surface area contributed by atoms with E-state index in [9.17, 15) is 13.6 Å². The molecule has 9 nitrogen and oxygen atoms in total. The van der Waals surface area contributed by atoms with E-state index < -0.39 is 18.1 Å². The summed E-state index contributed by atoms with van der Waals surface area (Å²) in [6.07, 6.45) is -0.844. The molecule has 4 rings (SSSR count). The third-order valence-corrected chi connectivity index (χ3v) is 5.84. The smallest absolute Gasteiger partial charge is 0.314 e. The van der Waals surface area contributed by atoms with E-state index in [0.717, 1.165) is 13.1 Å². The second kappa shape index (κ2) is 10.3. The second-order valence-electron chi connectivity index (χ2n) is 8.49. The summed E-state index contributed by atoms with van der Waals surface area (Å²) in [6, 6.07) is 6.33. The minimum absolute atomic E-state index is 0.0734. The summed E-state index contributed by atoms with van der Waals surface area (Å²) < 4.78 is 45.5. The number of carbonyl (C=O) groups is 1. The van der Waals surface area contributed by atoms with Crippen molar-refractivity contribution in [3.05, 3.63) is 47.9 Å². The number of likely N-dealkylation sites (N-methyl/N-ethyl adjacent to an activating group) is 1. The first kappa shape index (κ1) is 24.5. The summed E-state index contributed by atoms with van der Waals surface area (Å²) in [6.45, 7) is 3.18. The maximum absolute atomic E-state index is 15.2. The molecule has 1 amide bonds. The molecule has 1 aliphatic heterocycles. The number of alkyl halides is 2. The van der Waals surface area contributed by atoms with Crippen LogP contribution in [0.4, 0.5) is 30.2 Å². The first-order valence-electron chi connectivity index (χ1n) is 11.0. The Bertz CT molecular complexity index is 1160. The fraction of sp³-hybridized carbons (Fsp3) is 0.391. The van der Waals surface area contributed by atoms with Crippen LogP contribution in [-0.4, -0.2) is 73.8 Å². The van der Waals surface area contributed by atoms with Crippen LogP contribution in [0.15, 0.2) is 34.9 Å². The summed E-state index contributed by atoms with van der Waals surface area (Å²) in [4.78, 5) is 23.7. The Morgan fingerprint density at radius 1 is 1.11 bits per heavy atom. The lowest BCUT2D eigenvalue weighted by molar-refractivity contribution is -0.107.